The Kier molecular flexibility index (Phi) is 5.32. The Morgan fingerprint density at radius 3 is 2.29 bits per heavy atom. The van der Waals surface area contributed by atoms with E-state index in [-0.39, 0.29) is 6.04 Å². The Balaban J connectivity index is 2.12. The SMILES string of the molecule is CC(C)C(NCc1ccc(F)cc1F)c1ccc(Cl)cc1. The largest absolute Gasteiger partial charge is 0.306 e. The van der Waals surface area contributed by atoms with Crippen molar-refractivity contribution in [3.63, 3.8) is 0 Å². The van der Waals surface area contributed by atoms with Gasteiger partial charge >= 0.3 is 0 Å². The summed E-state index contributed by atoms with van der Waals surface area (Å²) >= 11 is 5.90. The van der Waals surface area contributed by atoms with E-state index in [1.165, 1.54) is 12.1 Å². The molecule has 1 atom stereocenters. The van der Waals surface area contributed by atoms with Crippen molar-refractivity contribution in [1.29, 1.82) is 0 Å². The highest BCUT2D eigenvalue weighted by Gasteiger charge is 2.16. The molecule has 0 spiro atoms. The highest BCUT2D eigenvalue weighted by atomic mass is 35.5. The Bertz CT molecular complexity index is 596. The molecule has 0 saturated carbocycles. The molecule has 0 aliphatic carbocycles. The molecule has 112 valence electrons. The zero-order valence-corrected chi connectivity index (χ0v) is 12.8. The van der Waals surface area contributed by atoms with E-state index in [9.17, 15) is 8.78 Å². The monoisotopic (exact) mass is 309 g/mol. The number of benzene rings is 2. The molecule has 0 radical (unpaired) electrons. The van der Waals surface area contributed by atoms with Crippen LogP contribution in [0.4, 0.5) is 8.78 Å². The lowest BCUT2D eigenvalue weighted by Crippen LogP contribution is -2.25. The van der Waals surface area contributed by atoms with Crippen molar-refractivity contribution in [2.24, 2.45) is 5.92 Å². The van der Waals surface area contributed by atoms with E-state index >= 15 is 0 Å². The normalized spacial score (nSPS) is 12.7. The summed E-state index contributed by atoms with van der Waals surface area (Å²) < 4.78 is 26.6. The second kappa shape index (κ2) is 7.01. The van der Waals surface area contributed by atoms with Gasteiger partial charge in [-0.1, -0.05) is 43.6 Å². The molecule has 0 heterocycles. The van der Waals surface area contributed by atoms with Crippen molar-refractivity contribution in [3.05, 3.63) is 70.2 Å². The first kappa shape index (κ1) is 15.9. The van der Waals surface area contributed by atoms with Crippen molar-refractivity contribution in [3.8, 4) is 0 Å². The molecule has 2 aromatic carbocycles. The van der Waals surface area contributed by atoms with E-state index in [1.807, 2.05) is 24.3 Å². The summed E-state index contributed by atoms with van der Waals surface area (Å²) in [7, 11) is 0. The van der Waals surface area contributed by atoms with Gasteiger partial charge in [0.15, 0.2) is 0 Å². The first-order chi connectivity index (χ1) is 9.97. The summed E-state index contributed by atoms with van der Waals surface area (Å²) in [5.74, 6) is -0.759. The van der Waals surface area contributed by atoms with Gasteiger partial charge in [-0.2, -0.15) is 0 Å². The first-order valence-electron chi connectivity index (χ1n) is 6.90. The van der Waals surface area contributed by atoms with Crippen molar-refractivity contribution < 1.29 is 8.78 Å². The molecule has 0 fully saturated rings. The second-order valence-electron chi connectivity index (χ2n) is 5.39. The van der Waals surface area contributed by atoms with Gasteiger partial charge in [0.05, 0.1) is 0 Å². The summed E-state index contributed by atoms with van der Waals surface area (Å²) in [4.78, 5) is 0. The Labute approximate surface area is 128 Å². The standard InChI is InChI=1S/C17H18ClF2N/c1-11(2)17(12-3-6-14(18)7-4-12)21-10-13-5-8-15(19)9-16(13)20/h3-9,11,17,21H,10H2,1-2H3. The van der Waals surface area contributed by atoms with E-state index in [1.54, 1.807) is 0 Å². The fraction of sp³-hybridized carbons (Fsp3) is 0.294. The highest BCUT2D eigenvalue weighted by molar-refractivity contribution is 6.30. The van der Waals surface area contributed by atoms with Crippen LogP contribution in [0.3, 0.4) is 0 Å². The smallest absolute Gasteiger partial charge is 0.130 e. The van der Waals surface area contributed by atoms with Crippen LogP contribution in [0, 0.1) is 17.6 Å². The molecule has 0 amide bonds. The lowest BCUT2D eigenvalue weighted by molar-refractivity contribution is 0.406. The van der Waals surface area contributed by atoms with Gasteiger partial charge in [-0.15, -0.1) is 0 Å². The van der Waals surface area contributed by atoms with Crippen molar-refractivity contribution in [2.45, 2.75) is 26.4 Å². The quantitative estimate of drug-likeness (QED) is 0.809. The minimum Gasteiger partial charge on any atom is -0.306 e. The molecule has 0 saturated heterocycles. The molecular weight excluding hydrogens is 292 g/mol. The summed E-state index contributed by atoms with van der Waals surface area (Å²) in [6, 6.07) is 11.3. The van der Waals surface area contributed by atoms with Gasteiger partial charge in [-0.25, -0.2) is 8.78 Å². The Morgan fingerprint density at radius 1 is 1.05 bits per heavy atom. The van der Waals surface area contributed by atoms with Gasteiger partial charge in [0.1, 0.15) is 11.6 Å². The van der Waals surface area contributed by atoms with Crippen LogP contribution >= 0.6 is 11.6 Å². The fourth-order valence-electron chi connectivity index (χ4n) is 2.29. The molecule has 1 nitrogen and oxygen atoms in total. The Hall–Kier alpha value is -1.45. The van der Waals surface area contributed by atoms with Gasteiger partial charge in [0.2, 0.25) is 0 Å². The van der Waals surface area contributed by atoms with Gasteiger partial charge in [0.25, 0.3) is 0 Å². The predicted octanol–water partition coefficient (Wildman–Crippen LogP) is 5.11. The highest BCUT2D eigenvalue weighted by Crippen LogP contribution is 2.24. The third kappa shape index (κ3) is 4.26. The predicted molar refractivity (Wildman–Crippen MR) is 82.2 cm³/mol. The molecule has 1 N–H and O–H groups in total. The summed E-state index contributed by atoms with van der Waals surface area (Å²) in [5.41, 5.74) is 1.55. The zero-order valence-electron chi connectivity index (χ0n) is 12.0. The maximum absolute atomic E-state index is 13.7. The molecule has 4 heteroatoms. The molecule has 2 aromatic rings. The van der Waals surface area contributed by atoms with E-state index in [0.29, 0.717) is 23.0 Å². The minimum atomic E-state index is -0.561. The molecule has 0 aromatic heterocycles. The third-order valence-electron chi connectivity index (χ3n) is 3.42. The van der Waals surface area contributed by atoms with Gasteiger partial charge < -0.3 is 5.32 Å². The molecule has 0 aliphatic rings. The van der Waals surface area contributed by atoms with Crippen LogP contribution in [-0.4, -0.2) is 0 Å². The number of nitrogens with one attached hydrogen (secondary N) is 1. The number of rotatable bonds is 5. The zero-order chi connectivity index (χ0) is 15.4. The fourth-order valence-corrected chi connectivity index (χ4v) is 2.42. The van der Waals surface area contributed by atoms with E-state index < -0.39 is 11.6 Å². The van der Waals surface area contributed by atoms with Crippen LogP contribution in [0.2, 0.25) is 5.02 Å². The van der Waals surface area contributed by atoms with Gasteiger partial charge in [0, 0.05) is 29.2 Å². The average Bonchev–Trinajstić information content (AvgIpc) is 2.42. The van der Waals surface area contributed by atoms with Crippen LogP contribution < -0.4 is 5.32 Å². The van der Waals surface area contributed by atoms with Gasteiger partial charge in [-0.05, 0) is 29.7 Å². The second-order valence-corrected chi connectivity index (χ2v) is 5.83. The lowest BCUT2D eigenvalue weighted by atomic mass is 9.96. The Morgan fingerprint density at radius 2 is 1.71 bits per heavy atom. The van der Waals surface area contributed by atoms with Crippen molar-refractivity contribution in [1.82, 2.24) is 5.32 Å². The summed E-state index contributed by atoms with van der Waals surface area (Å²) in [6.07, 6.45) is 0. The van der Waals surface area contributed by atoms with Crippen LogP contribution in [0.1, 0.15) is 31.0 Å². The minimum absolute atomic E-state index is 0.0757. The molecule has 0 bridgehead atoms. The molecule has 0 aliphatic heterocycles. The van der Waals surface area contributed by atoms with Crippen LogP contribution in [0.5, 0.6) is 0 Å². The summed E-state index contributed by atoms with van der Waals surface area (Å²) in [5, 5.41) is 4.01. The van der Waals surface area contributed by atoms with Crippen LogP contribution in [-0.2, 0) is 6.54 Å². The van der Waals surface area contributed by atoms with Crippen LogP contribution in [0.15, 0.2) is 42.5 Å². The molecule has 21 heavy (non-hydrogen) atoms. The molecule has 2 rings (SSSR count). The van der Waals surface area contributed by atoms with E-state index in [4.69, 9.17) is 11.6 Å². The average molecular weight is 310 g/mol. The van der Waals surface area contributed by atoms with E-state index in [0.717, 1.165) is 11.6 Å². The maximum atomic E-state index is 13.7. The first-order valence-corrected chi connectivity index (χ1v) is 7.28. The van der Waals surface area contributed by atoms with Crippen molar-refractivity contribution >= 4 is 11.6 Å². The van der Waals surface area contributed by atoms with Crippen molar-refractivity contribution in [2.75, 3.05) is 0 Å². The number of hydrogen-bond acceptors (Lipinski definition) is 1. The topological polar surface area (TPSA) is 12.0 Å². The molecular formula is C17H18ClF2N. The van der Waals surface area contributed by atoms with E-state index in [2.05, 4.69) is 19.2 Å². The lowest BCUT2D eigenvalue weighted by Gasteiger charge is -2.23. The number of hydrogen-bond donors (Lipinski definition) is 1. The van der Waals surface area contributed by atoms with Gasteiger partial charge in [-0.3, -0.25) is 0 Å². The van der Waals surface area contributed by atoms with Crippen LogP contribution in [0.25, 0.3) is 0 Å². The summed E-state index contributed by atoms with van der Waals surface area (Å²) in [6.45, 7) is 4.53. The third-order valence-corrected chi connectivity index (χ3v) is 3.68. The maximum Gasteiger partial charge on any atom is 0.130 e. The molecule has 1 unspecified atom stereocenters. The number of halogens is 3.